The van der Waals surface area contributed by atoms with Gasteiger partial charge < -0.3 is 25.7 Å². The third-order valence-corrected chi connectivity index (χ3v) is 7.09. The van der Waals surface area contributed by atoms with Gasteiger partial charge in [0.05, 0.1) is 11.3 Å². The maximum atomic E-state index is 9.39. The Balaban J connectivity index is 1.18. The highest BCUT2D eigenvalue weighted by molar-refractivity contribution is 7.80. The topological polar surface area (TPSA) is 114 Å². The van der Waals surface area contributed by atoms with E-state index in [2.05, 4.69) is 26.9 Å². The lowest BCUT2D eigenvalue weighted by atomic mass is 10.1. The van der Waals surface area contributed by atoms with Crippen molar-refractivity contribution in [2.45, 2.75) is 27.0 Å². The molecule has 5 rings (SSSR count). The highest BCUT2D eigenvalue weighted by Gasteiger charge is 2.15. The fourth-order valence-corrected chi connectivity index (χ4v) is 4.69. The van der Waals surface area contributed by atoms with Crippen LogP contribution in [0.5, 0.6) is 5.75 Å². The van der Waals surface area contributed by atoms with Crippen LogP contribution in [0.1, 0.15) is 27.9 Å². The van der Waals surface area contributed by atoms with E-state index in [-0.39, 0.29) is 0 Å². The summed E-state index contributed by atoms with van der Waals surface area (Å²) in [6.45, 7) is 4.83. The maximum Gasteiger partial charge on any atom is 0.176 e. The molecule has 0 spiro atoms. The lowest BCUT2D eigenvalue weighted by molar-refractivity contribution is 0.307. The van der Waals surface area contributed by atoms with Crippen LogP contribution in [0, 0.1) is 25.2 Å². The number of anilines is 3. The summed E-state index contributed by atoms with van der Waals surface area (Å²) < 4.78 is 8.04. The summed E-state index contributed by atoms with van der Waals surface area (Å²) in [7, 11) is 0. The zero-order valence-corrected chi connectivity index (χ0v) is 23.6. The van der Waals surface area contributed by atoms with Crippen LogP contribution in [0.25, 0.3) is 11.3 Å². The van der Waals surface area contributed by atoms with Crippen molar-refractivity contribution >= 4 is 34.7 Å². The van der Waals surface area contributed by atoms with E-state index < -0.39 is 0 Å². The standard InChI is InChI=1S/C32H29N7OS/c1-21-22(2)39(31(34)27(21)18-33)19-23-12-14-26(15-13-23)40-20-25-10-6-7-11-28(25)35-32(41)36-30-17-16-29(37-38-30)24-8-4-3-5-9-24/h3-17H,19-20,34H2,1-2H3,(H2,35,36,38,41). The monoisotopic (exact) mass is 559 g/mol. The van der Waals surface area contributed by atoms with Gasteiger partial charge in [-0.05, 0) is 67.5 Å². The maximum absolute atomic E-state index is 9.39. The largest absolute Gasteiger partial charge is 0.489 e. The molecule has 41 heavy (non-hydrogen) atoms. The number of hydrogen-bond donors (Lipinski definition) is 3. The molecule has 2 aromatic heterocycles. The minimum Gasteiger partial charge on any atom is -0.489 e. The van der Waals surface area contributed by atoms with Crippen LogP contribution in [0.2, 0.25) is 0 Å². The van der Waals surface area contributed by atoms with Gasteiger partial charge in [0, 0.05) is 29.1 Å². The molecule has 0 aliphatic carbocycles. The number of nitrogen functional groups attached to an aromatic ring is 1. The fourth-order valence-electron chi connectivity index (χ4n) is 4.47. The summed E-state index contributed by atoms with van der Waals surface area (Å²) >= 11 is 5.53. The van der Waals surface area contributed by atoms with E-state index in [1.165, 1.54) is 0 Å². The van der Waals surface area contributed by atoms with Gasteiger partial charge in [-0.25, -0.2) is 0 Å². The second kappa shape index (κ2) is 12.3. The Morgan fingerprint density at radius 2 is 1.66 bits per heavy atom. The van der Waals surface area contributed by atoms with Gasteiger partial charge in [0.15, 0.2) is 10.9 Å². The number of nitriles is 1. The van der Waals surface area contributed by atoms with Crippen molar-refractivity contribution in [3.05, 3.63) is 119 Å². The Labute approximate surface area is 244 Å². The van der Waals surface area contributed by atoms with Crippen LogP contribution in [0.4, 0.5) is 17.3 Å². The first-order valence-electron chi connectivity index (χ1n) is 13.0. The van der Waals surface area contributed by atoms with E-state index in [1.807, 2.05) is 109 Å². The van der Waals surface area contributed by atoms with Crippen LogP contribution in [0.15, 0.2) is 91.0 Å². The number of nitrogens with two attached hydrogens (primary N) is 1. The molecule has 4 N–H and O–H groups in total. The van der Waals surface area contributed by atoms with Crippen LogP contribution in [0.3, 0.4) is 0 Å². The molecule has 9 heteroatoms. The smallest absolute Gasteiger partial charge is 0.176 e. The second-order valence-electron chi connectivity index (χ2n) is 9.51. The molecule has 0 fully saturated rings. The number of nitrogens with zero attached hydrogens (tertiary/aromatic N) is 4. The van der Waals surface area contributed by atoms with Crippen molar-refractivity contribution in [1.29, 1.82) is 5.26 Å². The Bertz CT molecular complexity index is 1710. The van der Waals surface area contributed by atoms with Crippen molar-refractivity contribution in [3.8, 4) is 23.1 Å². The number of rotatable bonds is 8. The number of ether oxygens (including phenoxy) is 1. The van der Waals surface area contributed by atoms with Crippen molar-refractivity contribution < 1.29 is 4.74 Å². The molecule has 0 radical (unpaired) electrons. The normalized spacial score (nSPS) is 10.6. The molecule has 3 aromatic carbocycles. The summed E-state index contributed by atoms with van der Waals surface area (Å²) in [5.74, 6) is 1.78. The number of para-hydroxylation sites is 1. The predicted molar refractivity (Wildman–Crippen MR) is 167 cm³/mol. The first kappa shape index (κ1) is 27.4. The Hall–Kier alpha value is -5.20. The van der Waals surface area contributed by atoms with Gasteiger partial charge >= 0.3 is 0 Å². The molecule has 8 nitrogen and oxygen atoms in total. The Morgan fingerprint density at radius 3 is 2.34 bits per heavy atom. The van der Waals surface area contributed by atoms with E-state index in [0.717, 1.165) is 45.1 Å². The van der Waals surface area contributed by atoms with E-state index in [9.17, 15) is 5.26 Å². The number of nitrogens with one attached hydrogen (secondary N) is 2. The molecule has 2 heterocycles. The van der Waals surface area contributed by atoms with Crippen molar-refractivity contribution in [3.63, 3.8) is 0 Å². The molecular formula is C32H29N7OS. The third-order valence-electron chi connectivity index (χ3n) is 6.88. The average Bonchev–Trinajstić information content (AvgIpc) is 3.20. The van der Waals surface area contributed by atoms with Gasteiger partial charge in [0.1, 0.15) is 24.2 Å². The van der Waals surface area contributed by atoms with Gasteiger partial charge in [-0.15, -0.1) is 10.2 Å². The summed E-state index contributed by atoms with van der Waals surface area (Å²) in [6, 6.07) is 31.5. The first-order chi connectivity index (χ1) is 19.9. The highest BCUT2D eigenvalue weighted by Crippen LogP contribution is 2.26. The van der Waals surface area contributed by atoms with Gasteiger partial charge in [-0.1, -0.05) is 60.7 Å². The van der Waals surface area contributed by atoms with Crippen molar-refractivity contribution in [2.75, 3.05) is 16.4 Å². The van der Waals surface area contributed by atoms with Crippen LogP contribution >= 0.6 is 12.2 Å². The van der Waals surface area contributed by atoms with Gasteiger partial charge in [0.2, 0.25) is 0 Å². The van der Waals surface area contributed by atoms with Crippen LogP contribution in [-0.2, 0) is 13.2 Å². The van der Waals surface area contributed by atoms with Crippen molar-refractivity contribution in [2.24, 2.45) is 0 Å². The number of benzene rings is 3. The number of thiocarbonyl (C=S) groups is 1. The molecule has 204 valence electrons. The van der Waals surface area contributed by atoms with E-state index >= 15 is 0 Å². The quantitative estimate of drug-likeness (QED) is 0.186. The Kier molecular flexibility index (Phi) is 8.23. The van der Waals surface area contributed by atoms with Crippen LogP contribution in [-0.4, -0.2) is 19.9 Å². The number of hydrogen-bond acceptors (Lipinski definition) is 6. The molecule has 5 aromatic rings. The van der Waals surface area contributed by atoms with Crippen LogP contribution < -0.4 is 21.1 Å². The van der Waals surface area contributed by atoms with Gasteiger partial charge in [-0.2, -0.15) is 5.26 Å². The fraction of sp³-hybridized carbons (Fsp3) is 0.125. The summed E-state index contributed by atoms with van der Waals surface area (Å²) in [5.41, 5.74) is 13.3. The van der Waals surface area contributed by atoms with Crippen molar-refractivity contribution in [1.82, 2.24) is 14.8 Å². The molecular weight excluding hydrogens is 530 g/mol. The lowest BCUT2D eigenvalue weighted by Gasteiger charge is -2.15. The molecule has 0 aliphatic heterocycles. The molecule has 0 atom stereocenters. The zero-order valence-electron chi connectivity index (χ0n) is 22.8. The minimum absolute atomic E-state index is 0.352. The molecule has 0 bridgehead atoms. The second-order valence-corrected chi connectivity index (χ2v) is 9.92. The van der Waals surface area contributed by atoms with E-state index in [4.69, 9.17) is 22.7 Å². The summed E-state index contributed by atoms with van der Waals surface area (Å²) in [6.07, 6.45) is 0. The lowest BCUT2D eigenvalue weighted by Crippen LogP contribution is -2.21. The summed E-state index contributed by atoms with van der Waals surface area (Å²) in [4.78, 5) is 0. The molecule has 0 saturated carbocycles. The van der Waals surface area contributed by atoms with E-state index in [0.29, 0.717) is 35.5 Å². The third kappa shape index (κ3) is 6.35. The summed E-state index contributed by atoms with van der Waals surface area (Å²) in [5, 5.41) is 24.7. The molecule has 0 aliphatic rings. The van der Waals surface area contributed by atoms with E-state index in [1.54, 1.807) is 0 Å². The van der Waals surface area contributed by atoms with Gasteiger partial charge in [-0.3, -0.25) is 0 Å². The zero-order chi connectivity index (χ0) is 28.8. The molecule has 0 unspecified atom stereocenters. The SMILES string of the molecule is Cc1c(C#N)c(N)n(Cc2ccc(OCc3ccccc3NC(=S)Nc3ccc(-c4ccccc4)nn3)cc2)c1C. The average molecular weight is 560 g/mol. The first-order valence-corrected chi connectivity index (χ1v) is 13.5. The molecule has 0 saturated heterocycles. The minimum atomic E-state index is 0.352. The van der Waals surface area contributed by atoms with Gasteiger partial charge in [0.25, 0.3) is 0 Å². The predicted octanol–water partition coefficient (Wildman–Crippen LogP) is 6.45. The number of aromatic nitrogens is 3. The molecule has 0 amide bonds. The Morgan fingerprint density at radius 1 is 0.927 bits per heavy atom. The highest BCUT2D eigenvalue weighted by atomic mass is 32.1.